The highest BCUT2D eigenvalue weighted by Crippen LogP contribution is 2.25. The van der Waals surface area contributed by atoms with Crippen molar-refractivity contribution in [2.75, 3.05) is 7.11 Å². The molecule has 0 aliphatic rings. The van der Waals surface area contributed by atoms with Crippen LogP contribution in [0.1, 0.15) is 12.0 Å². The van der Waals surface area contributed by atoms with Gasteiger partial charge in [0, 0.05) is 12.8 Å². The number of nitrogens with two attached hydrogens (primary N) is 1. The molecule has 0 radical (unpaired) electrons. The summed E-state index contributed by atoms with van der Waals surface area (Å²) in [5.74, 6) is -3.84. The van der Waals surface area contributed by atoms with E-state index in [0.717, 1.165) is 7.11 Å². The maximum absolute atomic E-state index is 13.6. The molecule has 0 bridgehead atoms. The molecule has 1 aromatic rings. The summed E-state index contributed by atoms with van der Waals surface area (Å²) in [5, 5.41) is 0. The van der Waals surface area contributed by atoms with Crippen molar-refractivity contribution in [1.82, 2.24) is 0 Å². The molecule has 0 aromatic heterocycles. The highest BCUT2D eigenvalue weighted by molar-refractivity contribution is 8.93. The zero-order chi connectivity index (χ0) is 12.9. The maximum atomic E-state index is 13.6. The lowest BCUT2D eigenvalue weighted by atomic mass is 10.0. The van der Waals surface area contributed by atoms with Crippen LogP contribution >= 0.6 is 17.0 Å². The van der Waals surface area contributed by atoms with Crippen LogP contribution in [-0.4, -0.2) is 25.0 Å². The van der Waals surface area contributed by atoms with Gasteiger partial charge in [-0.1, -0.05) is 30.3 Å². The summed E-state index contributed by atoms with van der Waals surface area (Å²) >= 11 is 0. The number of carbonyl (C=O) groups excluding carboxylic acids is 1. The first kappa shape index (κ1) is 17.0. The van der Waals surface area contributed by atoms with Crippen LogP contribution in [0.3, 0.4) is 0 Å². The molecule has 1 aromatic carbocycles. The Morgan fingerprint density at radius 1 is 1.39 bits per heavy atom. The fourth-order valence-corrected chi connectivity index (χ4v) is 1.52. The lowest BCUT2D eigenvalue weighted by Crippen LogP contribution is -2.38. The number of halogens is 3. The van der Waals surface area contributed by atoms with Gasteiger partial charge in [0.1, 0.15) is 6.04 Å². The van der Waals surface area contributed by atoms with Crippen molar-refractivity contribution in [3.8, 4) is 0 Å². The molecule has 6 heteroatoms. The van der Waals surface area contributed by atoms with Crippen LogP contribution in [0.4, 0.5) is 8.78 Å². The predicted octanol–water partition coefficient (Wildman–Crippen LogP) is 2.33. The number of rotatable bonds is 5. The summed E-state index contributed by atoms with van der Waals surface area (Å²) in [7, 11) is 1.12. The van der Waals surface area contributed by atoms with E-state index in [-0.39, 0.29) is 17.0 Å². The highest BCUT2D eigenvalue weighted by Gasteiger charge is 2.34. The molecule has 3 nitrogen and oxygen atoms in total. The number of benzene rings is 1. The van der Waals surface area contributed by atoms with Crippen LogP contribution < -0.4 is 5.73 Å². The van der Waals surface area contributed by atoms with E-state index in [4.69, 9.17) is 5.73 Å². The van der Waals surface area contributed by atoms with E-state index in [2.05, 4.69) is 4.74 Å². The first-order chi connectivity index (χ1) is 7.94. The van der Waals surface area contributed by atoms with E-state index in [1.807, 2.05) is 0 Å². The zero-order valence-electron chi connectivity index (χ0n) is 9.94. The molecule has 0 saturated carbocycles. The van der Waals surface area contributed by atoms with Crippen LogP contribution in [0, 0.1) is 0 Å². The smallest absolute Gasteiger partial charge is 0.322 e. The van der Waals surface area contributed by atoms with E-state index in [9.17, 15) is 13.6 Å². The maximum Gasteiger partial charge on any atom is 0.322 e. The van der Waals surface area contributed by atoms with Crippen LogP contribution in [0.2, 0.25) is 0 Å². The second-order valence-corrected chi connectivity index (χ2v) is 3.85. The van der Waals surface area contributed by atoms with Crippen LogP contribution in [0.5, 0.6) is 0 Å². The highest BCUT2D eigenvalue weighted by atomic mass is 79.9. The van der Waals surface area contributed by atoms with Crippen LogP contribution in [0.25, 0.3) is 0 Å². The van der Waals surface area contributed by atoms with Crippen molar-refractivity contribution in [1.29, 1.82) is 0 Å². The summed E-state index contributed by atoms with van der Waals surface area (Å²) in [6.45, 7) is 0. The molecule has 1 atom stereocenters. The minimum absolute atomic E-state index is 0. The van der Waals surface area contributed by atoms with Crippen LogP contribution in [0.15, 0.2) is 30.3 Å². The van der Waals surface area contributed by atoms with Gasteiger partial charge < -0.3 is 10.5 Å². The molecular weight excluding hydrogens is 308 g/mol. The Labute approximate surface area is 115 Å². The third-order valence-electron chi connectivity index (χ3n) is 2.33. The number of hydrogen-bond donors (Lipinski definition) is 1. The number of alkyl halides is 2. The van der Waals surface area contributed by atoms with Crippen molar-refractivity contribution < 1.29 is 18.3 Å². The molecule has 0 aliphatic heterocycles. The average molecular weight is 324 g/mol. The standard InChI is InChI=1S/C12H15F2NO2.BrH/c1-17-11(16)10(15)8-12(13,14)7-9-5-3-2-4-6-9;/h2-6,10H,7-8,15H2,1H3;1H. The molecule has 1 rings (SSSR count). The molecule has 18 heavy (non-hydrogen) atoms. The molecule has 1 unspecified atom stereocenters. The first-order valence-electron chi connectivity index (χ1n) is 5.20. The fraction of sp³-hybridized carbons (Fsp3) is 0.417. The number of hydrogen-bond acceptors (Lipinski definition) is 3. The lowest BCUT2D eigenvalue weighted by Gasteiger charge is -2.19. The van der Waals surface area contributed by atoms with Gasteiger partial charge in [0.15, 0.2) is 0 Å². The van der Waals surface area contributed by atoms with Crippen molar-refractivity contribution in [2.45, 2.75) is 24.8 Å². The summed E-state index contributed by atoms with van der Waals surface area (Å²) < 4.78 is 31.4. The van der Waals surface area contributed by atoms with Gasteiger partial charge in [0.2, 0.25) is 0 Å². The monoisotopic (exact) mass is 323 g/mol. The Morgan fingerprint density at radius 3 is 2.44 bits per heavy atom. The third kappa shape index (κ3) is 5.55. The Morgan fingerprint density at radius 2 is 1.94 bits per heavy atom. The van der Waals surface area contributed by atoms with E-state index in [0.29, 0.717) is 5.56 Å². The molecule has 0 amide bonds. The molecular formula is C12H16BrF2NO2. The van der Waals surface area contributed by atoms with Crippen molar-refractivity contribution in [2.24, 2.45) is 5.73 Å². The van der Waals surface area contributed by atoms with Gasteiger partial charge >= 0.3 is 5.97 Å². The molecule has 0 saturated heterocycles. The van der Waals surface area contributed by atoms with Gasteiger partial charge in [0.05, 0.1) is 7.11 Å². The molecule has 0 heterocycles. The van der Waals surface area contributed by atoms with Gasteiger partial charge in [-0.2, -0.15) is 0 Å². The van der Waals surface area contributed by atoms with E-state index < -0.39 is 30.8 Å². The molecule has 0 spiro atoms. The number of ether oxygens (including phenoxy) is 1. The minimum Gasteiger partial charge on any atom is -0.468 e. The summed E-state index contributed by atoms with van der Waals surface area (Å²) in [5.41, 5.74) is 5.82. The average Bonchev–Trinajstić information content (AvgIpc) is 2.27. The van der Waals surface area contributed by atoms with Gasteiger partial charge in [-0.05, 0) is 5.56 Å². The number of carbonyl (C=O) groups is 1. The predicted molar refractivity (Wildman–Crippen MR) is 70.0 cm³/mol. The summed E-state index contributed by atoms with van der Waals surface area (Å²) in [6.07, 6.45) is -1.15. The molecule has 0 fully saturated rings. The Balaban J connectivity index is 0.00000289. The lowest BCUT2D eigenvalue weighted by molar-refractivity contribution is -0.144. The van der Waals surface area contributed by atoms with Crippen molar-refractivity contribution >= 4 is 23.0 Å². The van der Waals surface area contributed by atoms with Crippen molar-refractivity contribution in [3.05, 3.63) is 35.9 Å². The fourth-order valence-electron chi connectivity index (χ4n) is 1.52. The molecule has 0 aliphatic carbocycles. The minimum atomic E-state index is -3.02. The molecule has 102 valence electrons. The van der Waals surface area contributed by atoms with Gasteiger partial charge in [-0.15, -0.1) is 17.0 Å². The normalized spacial score (nSPS) is 12.4. The van der Waals surface area contributed by atoms with Crippen LogP contribution in [-0.2, 0) is 16.0 Å². The first-order valence-corrected chi connectivity index (χ1v) is 5.20. The van der Waals surface area contributed by atoms with Gasteiger partial charge in [0.25, 0.3) is 5.92 Å². The largest absolute Gasteiger partial charge is 0.468 e. The quantitative estimate of drug-likeness (QED) is 0.846. The topological polar surface area (TPSA) is 52.3 Å². The van der Waals surface area contributed by atoms with E-state index in [1.54, 1.807) is 30.3 Å². The Bertz CT molecular complexity index is 374. The Hall–Kier alpha value is -1.01. The Kier molecular flexibility index (Phi) is 7.01. The van der Waals surface area contributed by atoms with E-state index in [1.165, 1.54) is 0 Å². The zero-order valence-corrected chi connectivity index (χ0v) is 11.6. The summed E-state index contributed by atoms with van der Waals surface area (Å²) in [6, 6.07) is 7.05. The van der Waals surface area contributed by atoms with Gasteiger partial charge in [-0.3, -0.25) is 4.79 Å². The SMILES string of the molecule is Br.COC(=O)C(N)CC(F)(F)Cc1ccccc1. The number of methoxy groups -OCH3 is 1. The third-order valence-corrected chi connectivity index (χ3v) is 2.33. The van der Waals surface area contributed by atoms with Crippen molar-refractivity contribution in [3.63, 3.8) is 0 Å². The second kappa shape index (κ2) is 7.43. The summed E-state index contributed by atoms with van der Waals surface area (Å²) in [4.78, 5) is 11.0. The van der Waals surface area contributed by atoms with Gasteiger partial charge in [-0.25, -0.2) is 8.78 Å². The second-order valence-electron chi connectivity index (χ2n) is 3.85. The van der Waals surface area contributed by atoms with E-state index >= 15 is 0 Å². The number of esters is 1. The molecule has 2 N–H and O–H groups in total.